The lowest BCUT2D eigenvalue weighted by Crippen LogP contribution is -2.31. The second kappa shape index (κ2) is 13.9. The maximum absolute atomic E-state index is 12.7. The molecule has 0 saturated heterocycles. The van der Waals surface area contributed by atoms with Crippen LogP contribution >= 0.6 is 23.2 Å². The summed E-state index contributed by atoms with van der Waals surface area (Å²) >= 11 is 12.7. The normalized spacial score (nSPS) is 16.4. The van der Waals surface area contributed by atoms with Gasteiger partial charge in [-0.2, -0.15) is 0 Å². The van der Waals surface area contributed by atoms with Crippen LogP contribution in [0.5, 0.6) is 0 Å². The highest BCUT2D eigenvalue weighted by atomic mass is 35.5. The minimum atomic E-state index is -3.64. The van der Waals surface area contributed by atoms with E-state index >= 15 is 0 Å². The molecule has 0 amide bonds. The molecule has 0 spiro atoms. The molecule has 3 rings (SSSR count). The van der Waals surface area contributed by atoms with Crippen LogP contribution in [0.1, 0.15) is 22.6 Å². The molecule has 3 N–H and O–H groups in total. The quantitative estimate of drug-likeness (QED) is 0.352. The Kier molecular flexibility index (Phi) is 11.2. The van der Waals surface area contributed by atoms with E-state index in [1.54, 1.807) is 18.2 Å². The summed E-state index contributed by atoms with van der Waals surface area (Å²) in [6.07, 6.45) is 0. The van der Waals surface area contributed by atoms with Crippen LogP contribution in [-0.2, 0) is 30.8 Å². The molecule has 1 heterocycles. The van der Waals surface area contributed by atoms with Crippen molar-refractivity contribution in [3.63, 3.8) is 0 Å². The van der Waals surface area contributed by atoms with Gasteiger partial charge in [0.05, 0.1) is 44.5 Å². The van der Waals surface area contributed by atoms with Gasteiger partial charge >= 0.3 is 0 Å². The smallest absolute Gasteiger partial charge is 0.240 e. The van der Waals surface area contributed by atoms with E-state index in [-0.39, 0.29) is 24.0 Å². The molecule has 2 aromatic rings. The minimum absolute atomic E-state index is 0.0486. The molecule has 0 aliphatic carbocycles. The molecule has 0 bridgehead atoms. The van der Waals surface area contributed by atoms with Crippen molar-refractivity contribution in [2.75, 3.05) is 66.3 Å². The summed E-state index contributed by atoms with van der Waals surface area (Å²) in [5.41, 5.74) is 8.47. The van der Waals surface area contributed by atoms with E-state index in [0.29, 0.717) is 49.6 Å². The summed E-state index contributed by atoms with van der Waals surface area (Å²) in [4.78, 5) is 2.40. The summed E-state index contributed by atoms with van der Waals surface area (Å²) in [7, 11) is -1.61. The predicted octanol–water partition coefficient (Wildman–Crippen LogP) is 2.86. The molecule has 8 nitrogen and oxygen atoms in total. The number of sulfonamides is 1. The number of rotatable bonds is 14. The molecular weight excluding hydrogens is 513 g/mol. The first-order chi connectivity index (χ1) is 16.8. The Balaban J connectivity index is 1.49. The Bertz CT molecular complexity index is 1050. The van der Waals surface area contributed by atoms with Gasteiger partial charge in [-0.1, -0.05) is 35.3 Å². The van der Waals surface area contributed by atoms with Gasteiger partial charge in [0, 0.05) is 42.1 Å². The number of likely N-dealkylation sites (N-methyl/N-ethyl adjacent to an activating group) is 1. The number of nitrogens with zero attached hydrogens (tertiary/aromatic N) is 1. The van der Waals surface area contributed by atoms with Crippen LogP contribution in [0, 0.1) is 0 Å². The van der Waals surface area contributed by atoms with Crippen molar-refractivity contribution in [3.8, 4) is 0 Å². The minimum Gasteiger partial charge on any atom is -0.378 e. The lowest BCUT2D eigenvalue weighted by atomic mass is 9.85. The largest absolute Gasteiger partial charge is 0.378 e. The van der Waals surface area contributed by atoms with E-state index in [4.69, 9.17) is 43.1 Å². The van der Waals surface area contributed by atoms with Crippen LogP contribution in [0.4, 0.5) is 0 Å². The number of hydrogen-bond acceptors (Lipinski definition) is 7. The van der Waals surface area contributed by atoms with Crippen LogP contribution in [0.15, 0.2) is 41.3 Å². The highest BCUT2D eigenvalue weighted by Crippen LogP contribution is 2.38. The average molecular weight is 547 g/mol. The first-order valence-corrected chi connectivity index (χ1v) is 13.7. The van der Waals surface area contributed by atoms with Crippen LogP contribution in [0.25, 0.3) is 0 Å². The summed E-state index contributed by atoms with van der Waals surface area (Å²) in [6.45, 7) is 4.69. The maximum Gasteiger partial charge on any atom is 0.240 e. The van der Waals surface area contributed by atoms with E-state index in [1.165, 1.54) is 0 Å². The average Bonchev–Trinajstić information content (AvgIpc) is 2.83. The number of hydrogen-bond donors (Lipinski definition) is 2. The molecule has 194 valence electrons. The number of halogens is 2. The second-order valence-corrected chi connectivity index (χ2v) is 10.9. The molecule has 0 radical (unpaired) electrons. The van der Waals surface area contributed by atoms with Gasteiger partial charge in [0.25, 0.3) is 0 Å². The zero-order valence-corrected chi connectivity index (χ0v) is 22.2. The number of nitrogens with two attached hydrogens (primary N) is 1. The summed E-state index contributed by atoms with van der Waals surface area (Å²) in [5.74, 6) is 0.0486. The monoisotopic (exact) mass is 545 g/mol. The third kappa shape index (κ3) is 8.38. The molecular formula is C24H33Cl2N3O5S. The molecule has 2 aromatic carbocycles. The Labute approximate surface area is 217 Å². The fourth-order valence-electron chi connectivity index (χ4n) is 3.97. The Hall–Kier alpha value is -1.27. The zero-order valence-electron chi connectivity index (χ0n) is 19.8. The van der Waals surface area contributed by atoms with Crippen molar-refractivity contribution in [2.24, 2.45) is 5.73 Å². The standard InChI is InChI=1S/C24H33Cl2N3O5S/c1-29-16-22(21-14-19(25)15-24(26)23(21)17-29)18-2-4-20(5-3-18)35(30,31)28-7-9-33-11-13-34-12-10-32-8-6-27/h2-5,14-15,22,28H,6-13,16-17,27H2,1H3. The molecule has 35 heavy (non-hydrogen) atoms. The third-order valence-corrected chi connectivity index (χ3v) is 7.66. The molecule has 1 aliphatic rings. The third-order valence-electron chi connectivity index (χ3n) is 5.63. The van der Waals surface area contributed by atoms with Gasteiger partial charge < -0.3 is 24.8 Å². The Morgan fingerprint density at radius 1 is 1.00 bits per heavy atom. The van der Waals surface area contributed by atoms with E-state index in [1.807, 2.05) is 25.2 Å². The first kappa shape index (κ1) is 28.3. The van der Waals surface area contributed by atoms with Gasteiger partial charge in [0.2, 0.25) is 10.0 Å². The van der Waals surface area contributed by atoms with Crippen molar-refractivity contribution in [2.45, 2.75) is 17.4 Å². The van der Waals surface area contributed by atoms with Crippen molar-refractivity contribution >= 4 is 33.2 Å². The molecule has 11 heteroatoms. The second-order valence-electron chi connectivity index (χ2n) is 8.30. The SMILES string of the molecule is CN1Cc2c(Cl)cc(Cl)cc2C(c2ccc(S(=O)(=O)NCCOCCOCCOCCN)cc2)C1. The van der Waals surface area contributed by atoms with Crippen LogP contribution in [0.2, 0.25) is 10.0 Å². The van der Waals surface area contributed by atoms with Crippen molar-refractivity contribution in [1.82, 2.24) is 9.62 Å². The van der Waals surface area contributed by atoms with Gasteiger partial charge in [0.15, 0.2) is 0 Å². The Morgan fingerprint density at radius 2 is 1.63 bits per heavy atom. The van der Waals surface area contributed by atoms with Gasteiger partial charge in [-0.15, -0.1) is 0 Å². The summed E-state index contributed by atoms with van der Waals surface area (Å²) in [5, 5.41) is 1.25. The summed E-state index contributed by atoms with van der Waals surface area (Å²) < 4.78 is 43.9. The fraction of sp³-hybridized carbons (Fsp3) is 0.500. The first-order valence-electron chi connectivity index (χ1n) is 11.5. The van der Waals surface area contributed by atoms with E-state index < -0.39 is 10.0 Å². The van der Waals surface area contributed by atoms with Crippen LogP contribution in [-0.4, -0.2) is 79.6 Å². The molecule has 1 atom stereocenters. The van der Waals surface area contributed by atoms with Gasteiger partial charge in [-0.3, -0.25) is 0 Å². The number of benzene rings is 2. The van der Waals surface area contributed by atoms with Gasteiger partial charge in [-0.05, 0) is 48.0 Å². The highest BCUT2D eigenvalue weighted by molar-refractivity contribution is 7.89. The zero-order chi connectivity index (χ0) is 25.3. The summed E-state index contributed by atoms with van der Waals surface area (Å²) in [6, 6.07) is 10.7. The lowest BCUT2D eigenvalue weighted by Gasteiger charge is -2.33. The predicted molar refractivity (Wildman–Crippen MR) is 138 cm³/mol. The number of nitrogens with one attached hydrogen (secondary N) is 1. The number of ether oxygens (including phenoxy) is 3. The van der Waals surface area contributed by atoms with Crippen molar-refractivity contribution < 1.29 is 22.6 Å². The number of fused-ring (bicyclic) bond motifs is 1. The molecule has 0 saturated carbocycles. The fourth-order valence-corrected chi connectivity index (χ4v) is 5.55. The van der Waals surface area contributed by atoms with E-state index in [0.717, 1.165) is 29.8 Å². The topological polar surface area (TPSA) is 103 Å². The maximum atomic E-state index is 12.7. The molecule has 1 aliphatic heterocycles. The van der Waals surface area contributed by atoms with Crippen molar-refractivity contribution in [1.29, 1.82) is 0 Å². The molecule has 0 aromatic heterocycles. The lowest BCUT2D eigenvalue weighted by molar-refractivity contribution is 0.0171. The molecule has 1 unspecified atom stereocenters. The van der Waals surface area contributed by atoms with Crippen LogP contribution < -0.4 is 10.5 Å². The van der Waals surface area contributed by atoms with Crippen LogP contribution in [0.3, 0.4) is 0 Å². The molecule has 0 fully saturated rings. The van der Waals surface area contributed by atoms with Gasteiger partial charge in [0.1, 0.15) is 0 Å². The Morgan fingerprint density at radius 3 is 2.29 bits per heavy atom. The van der Waals surface area contributed by atoms with Gasteiger partial charge in [-0.25, -0.2) is 13.1 Å². The van der Waals surface area contributed by atoms with Crippen molar-refractivity contribution in [3.05, 3.63) is 63.1 Å². The van der Waals surface area contributed by atoms with E-state index in [9.17, 15) is 8.42 Å². The highest BCUT2D eigenvalue weighted by Gasteiger charge is 2.27. The van der Waals surface area contributed by atoms with E-state index in [2.05, 4.69) is 9.62 Å².